The minimum Gasteiger partial charge on any atom is -0.481 e. The lowest BCUT2D eigenvalue weighted by atomic mass is 9.99. The number of amides is 1. The predicted octanol–water partition coefficient (Wildman–Crippen LogP) is 2.62. The molecule has 1 rings (SSSR count). The van der Waals surface area contributed by atoms with Gasteiger partial charge >= 0.3 is 0 Å². The Morgan fingerprint density at radius 2 is 2.16 bits per heavy atom. The van der Waals surface area contributed by atoms with Gasteiger partial charge < -0.3 is 14.8 Å². The quantitative estimate of drug-likeness (QED) is 0.824. The van der Waals surface area contributed by atoms with Gasteiger partial charge in [0.15, 0.2) is 0 Å². The highest BCUT2D eigenvalue weighted by Crippen LogP contribution is 2.21. The molecule has 0 bridgehead atoms. The highest BCUT2D eigenvalue weighted by molar-refractivity contribution is 5.96. The van der Waals surface area contributed by atoms with E-state index < -0.39 is 5.60 Å². The molecule has 19 heavy (non-hydrogen) atoms. The summed E-state index contributed by atoms with van der Waals surface area (Å²) >= 11 is 0. The van der Waals surface area contributed by atoms with Crippen LogP contribution in [0.25, 0.3) is 0 Å². The van der Waals surface area contributed by atoms with Crippen molar-refractivity contribution in [2.75, 3.05) is 19.0 Å². The second-order valence-corrected chi connectivity index (χ2v) is 4.46. The number of methoxy groups -OCH3 is 1. The van der Waals surface area contributed by atoms with Gasteiger partial charge in [0.05, 0.1) is 19.0 Å². The standard InChI is InChI=1S/C14H22N2O3/c1-5-9-14(3,19-6-2)13(17)16-11-7-8-12(18-4)15-10-11/h7-8,10H,5-6,9H2,1-4H3,(H,16,17)/t14-/m0/s1. The zero-order valence-electron chi connectivity index (χ0n) is 12.0. The zero-order valence-corrected chi connectivity index (χ0v) is 12.0. The number of nitrogens with one attached hydrogen (secondary N) is 1. The molecule has 1 atom stereocenters. The predicted molar refractivity (Wildman–Crippen MR) is 74.4 cm³/mol. The third-order valence-electron chi connectivity index (χ3n) is 2.87. The van der Waals surface area contributed by atoms with Crippen LogP contribution >= 0.6 is 0 Å². The minimum absolute atomic E-state index is 0.150. The van der Waals surface area contributed by atoms with Crippen LogP contribution < -0.4 is 10.1 Å². The molecule has 0 aliphatic carbocycles. The Hall–Kier alpha value is -1.62. The average Bonchev–Trinajstić information content (AvgIpc) is 2.40. The van der Waals surface area contributed by atoms with Gasteiger partial charge in [0, 0.05) is 12.7 Å². The van der Waals surface area contributed by atoms with Crippen LogP contribution in [0, 0.1) is 0 Å². The van der Waals surface area contributed by atoms with Crippen LogP contribution in [0.3, 0.4) is 0 Å². The fourth-order valence-electron chi connectivity index (χ4n) is 1.89. The van der Waals surface area contributed by atoms with Gasteiger partial charge in [0.25, 0.3) is 5.91 Å². The molecular formula is C14H22N2O3. The largest absolute Gasteiger partial charge is 0.481 e. The summed E-state index contributed by atoms with van der Waals surface area (Å²) in [7, 11) is 1.55. The van der Waals surface area contributed by atoms with Crippen LogP contribution in [0.4, 0.5) is 5.69 Å². The molecule has 1 heterocycles. The number of hydrogen-bond donors (Lipinski definition) is 1. The number of nitrogens with zero attached hydrogens (tertiary/aromatic N) is 1. The van der Waals surface area contributed by atoms with E-state index in [1.807, 2.05) is 20.8 Å². The van der Waals surface area contributed by atoms with Crippen LogP contribution in [0.15, 0.2) is 18.3 Å². The lowest BCUT2D eigenvalue weighted by molar-refractivity contribution is -0.139. The van der Waals surface area contributed by atoms with Gasteiger partial charge in [-0.05, 0) is 26.3 Å². The summed E-state index contributed by atoms with van der Waals surface area (Å²) in [5.74, 6) is 0.363. The highest BCUT2D eigenvalue weighted by Gasteiger charge is 2.32. The molecule has 0 saturated heterocycles. The molecule has 0 spiro atoms. The van der Waals surface area contributed by atoms with Crippen molar-refractivity contribution >= 4 is 11.6 Å². The first-order valence-electron chi connectivity index (χ1n) is 6.51. The van der Waals surface area contributed by atoms with Crippen molar-refractivity contribution in [3.63, 3.8) is 0 Å². The van der Waals surface area contributed by atoms with E-state index in [9.17, 15) is 4.79 Å². The van der Waals surface area contributed by atoms with Gasteiger partial charge in [-0.15, -0.1) is 0 Å². The molecule has 1 N–H and O–H groups in total. The van der Waals surface area contributed by atoms with E-state index in [0.29, 0.717) is 24.6 Å². The Balaban J connectivity index is 2.74. The summed E-state index contributed by atoms with van der Waals surface area (Å²) in [6.07, 6.45) is 3.12. The second kappa shape index (κ2) is 7.09. The monoisotopic (exact) mass is 266 g/mol. The van der Waals surface area contributed by atoms with Gasteiger partial charge in [0.2, 0.25) is 5.88 Å². The van der Waals surface area contributed by atoms with Crippen molar-refractivity contribution in [2.24, 2.45) is 0 Å². The molecule has 106 valence electrons. The molecule has 1 aromatic rings. The Morgan fingerprint density at radius 1 is 1.42 bits per heavy atom. The van der Waals surface area contributed by atoms with Crippen LogP contribution in [-0.4, -0.2) is 30.2 Å². The van der Waals surface area contributed by atoms with E-state index >= 15 is 0 Å². The summed E-state index contributed by atoms with van der Waals surface area (Å²) in [6.45, 7) is 6.23. The number of pyridine rings is 1. The average molecular weight is 266 g/mol. The van der Waals surface area contributed by atoms with Crippen molar-refractivity contribution in [1.29, 1.82) is 0 Å². The van der Waals surface area contributed by atoms with Crippen LogP contribution in [0.5, 0.6) is 5.88 Å². The van der Waals surface area contributed by atoms with Gasteiger partial charge in [0.1, 0.15) is 5.60 Å². The molecule has 0 aliphatic heterocycles. The molecule has 5 nitrogen and oxygen atoms in total. The van der Waals surface area contributed by atoms with Gasteiger partial charge in [-0.3, -0.25) is 4.79 Å². The van der Waals surface area contributed by atoms with Crippen LogP contribution in [0.2, 0.25) is 0 Å². The van der Waals surface area contributed by atoms with E-state index in [-0.39, 0.29) is 5.91 Å². The van der Waals surface area contributed by atoms with Gasteiger partial charge in [-0.1, -0.05) is 13.3 Å². The number of carbonyl (C=O) groups is 1. The van der Waals surface area contributed by atoms with E-state index in [1.165, 1.54) is 0 Å². The van der Waals surface area contributed by atoms with Gasteiger partial charge in [-0.2, -0.15) is 0 Å². The third-order valence-corrected chi connectivity index (χ3v) is 2.87. The molecule has 0 fully saturated rings. The summed E-state index contributed by atoms with van der Waals surface area (Å²) in [4.78, 5) is 16.3. The SMILES string of the molecule is CCC[C@](C)(OCC)C(=O)Nc1ccc(OC)nc1. The molecule has 0 aromatic carbocycles. The maximum absolute atomic E-state index is 12.3. The Kier molecular flexibility index (Phi) is 5.76. The van der Waals surface area contributed by atoms with E-state index in [0.717, 1.165) is 6.42 Å². The summed E-state index contributed by atoms with van der Waals surface area (Å²) in [5, 5.41) is 2.82. The van der Waals surface area contributed by atoms with Crippen molar-refractivity contribution in [1.82, 2.24) is 4.98 Å². The molecule has 0 radical (unpaired) electrons. The van der Waals surface area contributed by atoms with Crippen LogP contribution in [0.1, 0.15) is 33.6 Å². The first-order chi connectivity index (χ1) is 9.05. The van der Waals surface area contributed by atoms with E-state index in [2.05, 4.69) is 10.3 Å². The van der Waals surface area contributed by atoms with Crippen molar-refractivity contribution in [2.45, 2.75) is 39.2 Å². The summed E-state index contributed by atoms with van der Waals surface area (Å²) in [5.41, 5.74) is -0.170. The highest BCUT2D eigenvalue weighted by atomic mass is 16.5. The fourth-order valence-corrected chi connectivity index (χ4v) is 1.89. The van der Waals surface area contributed by atoms with Gasteiger partial charge in [-0.25, -0.2) is 4.98 Å². The lowest BCUT2D eigenvalue weighted by Crippen LogP contribution is -2.42. The Labute approximate surface area is 114 Å². The normalized spacial score (nSPS) is 13.7. The number of rotatable bonds is 7. The Morgan fingerprint density at radius 3 is 2.63 bits per heavy atom. The zero-order chi connectivity index (χ0) is 14.3. The van der Waals surface area contributed by atoms with Crippen molar-refractivity contribution in [3.05, 3.63) is 18.3 Å². The van der Waals surface area contributed by atoms with Crippen molar-refractivity contribution < 1.29 is 14.3 Å². The summed E-state index contributed by atoms with van der Waals surface area (Å²) < 4.78 is 10.6. The van der Waals surface area contributed by atoms with E-state index in [4.69, 9.17) is 9.47 Å². The molecule has 0 saturated carbocycles. The number of hydrogen-bond acceptors (Lipinski definition) is 4. The fraction of sp³-hybridized carbons (Fsp3) is 0.571. The second-order valence-electron chi connectivity index (χ2n) is 4.46. The molecule has 1 aromatic heterocycles. The smallest absolute Gasteiger partial charge is 0.256 e. The molecule has 0 aliphatic rings. The van der Waals surface area contributed by atoms with Crippen LogP contribution in [-0.2, 0) is 9.53 Å². The minimum atomic E-state index is -0.802. The summed E-state index contributed by atoms with van der Waals surface area (Å²) in [6, 6.07) is 3.45. The molecular weight excluding hydrogens is 244 g/mol. The van der Waals surface area contributed by atoms with E-state index in [1.54, 1.807) is 25.4 Å². The maximum Gasteiger partial charge on any atom is 0.256 e. The topological polar surface area (TPSA) is 60.5 Å². The lowest BCUT2D eigenvalue weighted by Gasteiger charge is -2.27. The number of anilines is 1. The number of carbonyl (C=O) groups excluding carboxylic acids is 1. The maximum atomic E-state index is 12.3. The Bertz CT molecular complexity index is 398. The first kappa shape index (κ1) is 15.4. The molecule has 5 heteroatoms. The number of ether oxygens (including phenoxy) is 2. The molecule has 0 unspecified atom stereocenters. The molecule has 1 amide bonds. The first-order valence-corrected chi connectivity index (χ1v) is 6.51. The third kappa shape index (κ3) is 4.21. The number of aromatic nitrogens is 1. The van der Waals surface area contributed by atoms with Crippen molar-refractivity contribution in [3.8, 4) is 5.88 Å².